The predicted molar refractivity (Wildman–Crippen MR) is 231 cm³/mol. The van der Waals surface area contributed by atoms with Gasteiger partial charge in [-0.15, -0.1) is 0 Å². The molecular weight excluding hydrogens is 683 g/mol. The van der Waals surface area contributed by atoms with Crippen LogP contribution in [0.25, 0.3) is 121 Å². The van der Waals surface area contributed by atoms with Crippen molar-refractivity contribution in [2.75, 3.05) is 0 Å². The Hall–Kier alpha value is -7.63. The van der Waals surface area contributed by atoms with E-state index in [4.69, 9.17) is 15.0 Å². The molecule has 5 nitrogen and oxygen atoms in total. The van der Waals surface area contributed by atoms with E-state index < -0.39 is 0 Å². The van der Waals surface area contributed by atoms with Gasteiger partial charge in [-0.25, -0.2) is 15.0 Å². The standard InChI is InChI=1S/C51H29N5/c1-3-13-30(14-4-1)49-52-50(31-15-5-2-6-16-31)54-51(53-49)34-28-41-37-19-9-12-22-45(37)56-46-24-23-32(25-38(46)42(29-34)48(41)56)33-26-39-35-17-7-10-20-43(35)55-44-21-11-8-18-36(44)40(27-33)47(39)55/h1-29H. The Morgan fingerprint density at radius 3 is 1.09 bits per heavy atom. The Labute approximate surface area is 320 Å². The molecule has 5 heterocycles. The van der Waals surface area contributed by atoms with Crippen LogP contribution in [0.1, 0.15) is 0 Å². The molecule has 0 saturated carbocycles. The number of benzene rings is 8. The molecule has 258 valence electrons. The molecule has 0 spiro atoms. The van der Waals surface area contributed by atoms with Crippen LogP contribution in [-0.2, 0) is 0 Å². The van der Waals surface area contributed by atoms with E-state index in [1.165, 1.54) is 87.3 Å². The summed E-state index contributed by atoms with van der Waals surface area (Å²) in [5.41, 5.74) is 12.6. The molecule has 0 amide bonds. The van der Waals surface area contributed by atoms with Gasteiger partial charge in [0, 0.05) is 59.8 Å². The Morgan fingerprint density at radius 2 is 0.607 bits per heavy atom. The van der Waals surface area contributed by atoms with Crippen LogP contribution in [0.4, 0.5) is 0 Å². The monoisotopic (exact) mass is 711 g/mol. The third kappa shape index (κ3) is 4.01. The minimum atomic E-state index is 0.654. The third-order valence-electron chi connectivity index (χ3n) is 11.8. The quantitative estimate of drug-likeness (QED) is 0.183. The number of hydrogen-bond donors (Lipinski definition) is 0. The molecule has 0 fully saturated rings. The first kappa shape index (κ1) is 29.8. The fourth-order valence-corrected chi connectivity index (χ4v) is 9.36. The summed E-state index contributed by atoms with van der Waals surface area (Å²) in [6, 6.07) is 63.0. The second-order valence-electron chi connectivity index (χ2n) is 14.8. The minimum absolute atomic E-state index is 0.654. The Bertz CT molecular complexity index is 3550. The van der Waals surface area contributed by atoms with E-state index >= 15 is 0 Å². The van der Waals surface area contributed by atoms with Gasteiger partial charge < -0.3 is 8.80 Å². The number of nitrogens with zero attached hydrogens (tertiary/aromatic N) is 5. The van der Waals surface area contributed by atoms with Crippen molar-refractivity contribution in [1.82, 2.24) is 23.8 Å². The van der Waals surface area contributed by atoms with Crippen LogP contribution in [0, 0.1) is 0 Å². The molecule has 0 aliphatic heterocycles. The van der Waals surface area contributed by atoms with Crippen molar-refractivity contribution >= 4 is 76.2 Å². The molecule has 0 unspecified atom stereocenters. The lowest BCUT2D eigenvalue weighted by Gasteiger charge is -2.09. The van der Waals surface area contributed by atoms with E-state index in [0.717, 1.165) is 16.7 Å². The van der Waals surface area contributed by atoms with Gasteiger partial charge in [-0.3, -0.25) is 0 Å². The number of para-hydroxylation sites is 3. The van der Waals surface area contributed by atoms with Gasteiger partial charge in [0.2, 0.25) is 0 Å². The zero-order valence-corrected chi connectivity index (χ0v) is 30.0. The van der Waals surface area contributed by atoms with Gasteiger partial charge in [-0.05, 0) is 65.7 Å². The summed E-state index contributed by atoms with van der Waals surface area (Å²) in [7, 11) is 0. The molecule has 13 rings (SSSR count). The van der Waals surface area contributed by atoms with Crippen molar-refractivity contribution in [3.05, 3.63) is 176 Å². The molecular formula is C51H29N5. The highest BCUT2D eigenvalue weighted by Crippen LogP contribution is 2.45. The maximum atomic E-state index is 5.14. The van der Waals surface area contributed by atoms with E-state index in [2.05, 4.69) is 148 Å². The first-order chi connectivity index (χ1) is 27.8. The smallest absolute Gasteiger partial charge is 0.164 e. The predicted octanol–water partition coefficient (Wildman–Crippen LogP) is 12.8. The molecule has 13 aromatic rings. The van der Waals surface area contributed by atoms with Crippen LogP contribution in [0.15, 0.2) is 176 Å². The SMILES string of the molecule is c1ccc(-c2nc(-c3ccccc3)nc(-c3cc4c5ccccc5n5c6ccc(-c7cc8c9ccccc9n9c%10ccccc%10c(c7)c89)cc6c(c3)c45)n2)cc1. The Morgan fingerprint density at radius 1 is 0.250 bits per heavy atom. The number of hydrogen-bond acceptors (Lipinski definition) is 3. The van der Waals surface area contributed by atoms with Crippen LogP contribution in [-0.4, -0.2) is 23.8 Å². The van der Waals surface area contributed by atoms with Crippen molar-refractivity contribution in [3.8, 4) is 45.3 Å². The molecule has 0 aliphatic rings. The highest BCUT2D eigenvalue weighted by Gasteiger charge is 2.23. The van der Waals surface area contributed by atoms with E-state index in [1.807, 2.05) is 36.4 Å². The lowest BCUT2D eigenvalue weighted by Crippen LogP contribution is -2.00. The maximum absolute atomic E-state index is 5.14. The van der Waals surface area contributed by atoms with Gasteiger partial charge >= 0.3 is 0 Å². The third-order valence-corrected chi connectivity index (χ3v) is 11.8. The summed E-state index contributed by atoms with van der Waals surface area (Å²) in [5.74, 6) is 1.96. The van der Waals surface area contributed by atoms with Gasteiger partial charge in [0.15, 0.2) is 17.5 Å². The van der Waals surface area contributed by atoms with Crippen molar-refractivity contribution in [2.24, 2.45) is 0 Å². The Kier molecular flexibility index (Phi) is 5.83. The minimum Gasteiger partial charge on any atom is -0.308 e. The van der Waals surface area contributed by atoms with Crippen molar-refractivity contribution < 1.29 is 0 Å². The van der Waals surface area contributed by atoms with Crippen LogP contribution < -0.4 is 0 Å². The molecule has 0 radical (unpaired) electrons. The first-order valence-electron chi connectivity index (χ1n) is 19.0. The fraction of sp³-hybridized carbons (Fsp3) is 0. The summed E-state index contributed by atoms with van der Waals surface area (Å²) in [4.78, 5) is 15.3. The fourth-order valence-electron chi connectivity index (χ4n) is 9.36. The number of fused-ring (bicyclic) bond motifs is 12. The highest BCUT2D eigenvalue weighted by molar-refractivity contribution is 6.26. The van der Waals surface area contributed by atoms with Gasteiger partial charge in [-0.1, -0.05) is 121 Å². The summed E-state index contributed by atoms with van der Waals surface area (Å²) in [6.45, 7) is 0. The first-order valence-corrected chi connectivity index (χ1v) is 19.0. The summed E-state index contributed by atoms with van der Waals surface area (Å²) in [6.07, 6.45) is 0. The van der Waals surface area contributed by atoms with Gasteiger partial charge in [0.05, 0.1) is 33.1 Å². The zero-order valence-electron chi connectivity index (χ0n) is 30.0. The van der Waals surface area contributed by atoms with E-state index in [-0.39, 0.29) is 0 Å². The molecule has 0 atom stereocenters. The van der Waals surface area contributed by atoms with Crippen LogP contribution in [0.2, 0.25) is 0 Å². The number of aromatic nitrogens is 5. The molecule has 8 aromatic carbocycles. The van der Waals surface area contributed by atoms with Crippen LogP contribution in [0.3, 0.4) is 0 Å². The second kappa shape index (κ2) is 11.0. The normalized spacial score (nSPS) is 12.3. The average Bonchev–Trinajstić information content (AvgIpc) is 4.00. The van der Waals surface area contributed by atoms with Crippen molar-refractivity contribution in [3.63, 3.8) is 0 Å². The molecule has 56 heavy (non-hydrogen) atoms. The van der Waals surface area contributed by atoms with E-state index in [0.29, 0.717) is 17.5 Å². The Balaban J connectivity index is 1.09. The number of rotatable bonds is 4. The lowest BCUT2D eigenvalue weighted by atomic mass is 9.97. The van der Waals surface area contributed by atoms with E-state index in [9.17, 15) is 0 Å². The van der Waals surface area contributed by atoms with Crippen molar-refractivity contribution in [1.29, 1.82) is 0 Å². The average molecular weight is 712 g/mol. The molecule has 5 aromatic heterocycles. The molecule has 0 aliphatic carbocycles. The topological polar surface area (TPSA) is 47.5 Å². The highest BCUT2D eigenvalue weighted by atomic mass is 15.0. The summed E-state index contributed by atoms with van der Waals surface area (Å²) < 4.78 is 4.88. The largest absolute Gasteiger partial charge is 0.308 e. The van der Waals surface area contributed by atoms with Gasteiger partial charge in [0.1, 0.15) is 0 Å². The van der Waals surface area contributed by atoms with E-state index in [1.54, 1.807) is 0 Å². The summed E-state index contributed by atoms with van der Waals surface area (Å²) >= 11 is 0. The lowest BCUT2D eigenvalue weighted by molar-refractivity contribution is 1.07. The molecule has 0 saturated heterocycles. The van der Waals surface area contributed by atoms with Crippen molar-refractivity contribution in [2.45, 2.75) is 0 Å². The summed E-state index contributed by atoms with van der Waals surface area (Å²) in [5, 5.41) is 9.91. The maximum Gasteiger partial charge on any atom is 0.164 e. The van der Waals surface area contributed by atoms with Gasteiger partial charge in [0.25, 0.3) is 0 Å². The zero-order chi connectivity index (χ0) is 36.5. The van der Waals surface area contributed by atoms with Crippen LogP contribution >= 0.6 is 0 Å². The molecule has 0 bridgehead atoms. The second-order valence-corrected chi connectivity index (χ2v) is 14.8. The van der Waals surface area contributed by atoms with Gasteiger partial charge in [-0.2, -0.15) is 0 Å². The molecule has 0 N–H and O–H groups in total. The van der Waals surface area contributed by atoms with Crippen LogP contribution in [0.5, 0.6) is 0 Å². The molecule has 5 heteroatoms.